The van der Waals surface area contributed by atoms with Crippen molar-refractivity contribution in [3.05, 3.63) is 11.6 Å². The van der Waals surface area contributed by atoms with Crippen molar-refractivity contribution in [2.75, 3.05) is 13.2 Å². The molecule has 1 fully saturated rings. The molecule has 1 unspecified atom stereocenters. The van der Waals surface area contributed by atoms with Gasteiger partial charge in [-0.3, -0.25) is 0 Å². The predicted octanol–water partition coefficient (Wildman–Crippen LogP) is 2.95. The van der Waals surface area contributed by atoms with E-state index in [1.54, 1.807) is 0 Å². The smallest absolute Gasteiger partial charge is 0.157 e. The van der Waals surface area contributed by atoms with Crippen LogP contribution in [-0.4, -0.2) is 25.8 Å². The molecule has 0 spiro atoms. The van der Waals surface area contributed by atoms with Gasteiger partial charge in [0.1, 0.15) is 6.29 Å². The van der Waals surface area contributed by atoms with E-state index in [4.69, 9.17) is 9.47 Å². The first-order chi connectivity index (χ1) is 8.37. The number of allylic oxidation sites excluding steroid dienone is 2. The maximum Gasteiger partial charge on any atom is 0.157 e. The molecule has 0 radical (unpaired) electrons. The average molecular weight is 252 g/mol. The van der Waals surface area contributed by atoms with Crippen LogP contribution >= 0.6 is 0 Å². The second-order valence-electron chi connectivity index (χ2n) is 6.60. The topological polar surface area (TPSA) is 35.5 Å². The molecular weight excluding hydrogens is 228 g/mol. The second-order valence-corrected chi connectivity index (χ2v) is 6.60. The summed E-state index contributed by atoms with van der Waals surface area (Å²) in [7, 11) is 0. The highest BCUT2D eigenvalue weighted by Gasteiger charge is 2.39. The number of carbonyl (C=O) groups excluding carboxylic acids is 1. The van der Waals surface area contributed by atoms with E-state index < -0.39 is 5.41 Å². The van der Waals surface area contributed by atoms with Crippen molar-refractivity contribution in [1.29, 1.82) is 0 Å². The van der Waals surface area contributed by atoms with Crippen molar-refractivity contribution in [1.82, 2.24) is 0 Å². The minimum Gasteiger partial charge on any atom is -0.352 e. The summed E-state index contributed by atoms with van der Waals surface area (Å²) in [6.07, 6.45) is 5.13. The number of rotatable bonds is 3. The maximum atomic E-state index is 10.9. The zero-order valence-corrected chi connectivity index (χ0v) is 11.9. The van der Waals surface area contributed by atoms with E-state index in [9.17, 15) is 4.79 Å². The minimum absolute atomic E-state index is 0.151. The highest BCUT2D eigenvalue weighted by molar-refractivity contribution is 5.59. The summed E-state index contributed by atoms with van der Waals surface area (Å²) in [6.45, 7) is 9.60. The van der Waals surface area contributed by atoms with E-state index in [1.807, 2.05) is 6.92 Å². The quantitative estimate of drug-likeness (QED) is 0.572. The van der Waals surface area contributed by atoms with Crippen LogP contribution in [0.4, 0.5) is 0 Å². The normalized spacial score (nSPS) is 39.4. The Morgan fingerprint density at radius 1 is 1.33 bits per heavy atom. The lowest BCUT2D eigenvalue weighted by Crippen LogP contribution is -2.42. The van der Waals surface area contributed by atoms with Gasteiger partial charge >= 0.3 is 0 Å². The zero-order chi connectivity index (χ0) is 13.4. The van der Waals surface area contributed by atoms with Gasteiger partial charge in [0.2, 0.25) is 0 Å². The van der Waals surface area contributed by atoms with Crippen LogP contribution in [0.15, 0.2) is 11.6 Å². The molecule has 102 valence electrons. The molecule has 2 aliphatic rings. The molecule has 0 N–H and O–H groups in total. The number of hydrogen-bond donors (Lipinski definition) is 0. The Morgan fingerprint density at radius 2 is 1.94 bits per heavy atom. The van der Waals surface area contributed by atoms with Gasteiger partial charge in [0, 0.05) is 6.42 Å². The van der Waals surface area contributed by atoms with Crippen LogP contribution in [0.2, 0.25) is 0 Å². The fourth-order valence-electron chi connectivity index (χ4n) is 2.68. The molecule has 0 amide bonds. The third kappa shape index (κ3) is 2.52. The van der Waals surface area contributed by atoms with E-state index in [-0.39, 0.29) is 11.7 Å². The Hall–Kier alpha value is -0.670. The molecule has 1 saturated heterocycles. The van der Waals surface area contributed by atoms with E-state index in [2.05, 4.69) is 26.8 Å². The van der Waals surface area contributed by atoms with Gasteiger partial charge in [-0.15, -0.1) is 0 Å². The summed E-state index contributed by atoms with van der Waals surface area (Å²) in [5.74, 6) is 0.572. The van der Waals surface area contributed by atoms with E-state index in [0.717, 1.165) is 19.1 Å². The van der Waals surface area contributed by atoms with Crippen LogP contribution in [0.3, 0.4) is 0 Å². The van der Waals surface area contributed by atoms with Crippen molar-refractivity contribution in [3.8, 4) is 0 Å². The van der Waals surface area contributed by atoms with Crippen LogP contribution in [-0.2, 0) is 14.3 Å². The van der Waals surface area contributed by atoms with Gasteiger partial charge in [-0.2, -0.15) is 0 Å². The third-order valence-corrected chi connectivity index (χ3v) is 4.70. The SMILES string of the molecule is CC1=CCC(CC2OCC(C)(C=O)CO2)C1(C)C. The van der Waals surface area contributed by atoms with E-state index >= 15 is 0 Å². The molecule has 0 bridgehead atoms. The van der Waals surface area contributed by atoms with Crippen molar-refractivity contribution in [2.24, 2.45) is 16.7 Å². The summed E-state index contributed by atoms with van der Waals surface area (Å²) in [5, 5.41) is 0. The van der Waals surface area contributed by atoms with Gasteiger partial charge in [-0.25, -0.2) is 0 Å². The first-order valence-electron chi connectivity index (χ1n) is 6.74. The molecule has 2 rings (SSSR count). The Balaban J connectivity index is 1.88. The largest absolute Gasteiger partial charge is 0.352 e. The lowest BCUT2D eigenvalue weighted by atomic mass is 9.76. The molecule has 0 aromatic heterocycles. The molecule has 0 aromatic carbocycles. The Bertz CT molecular complexity index is 349. The maximum absolute atomic E-state index is 10.9. The second kappa shape index (κ2) is 4.78. The van der Waals surface area contributed by atoms with Crippen LogP contribution in [0, 0.1) is 16.7 Å². The monoisotopic (exact) mass is 252 g/mol. The Labute approximate surface area is 110 Å². The standard InChI is InChI=1S/C15H24O3/c1-11-5-6-12(14(11,2)3)7-13-17-9-15(4,8-16)10-18-13/h5,8,12-13H,6-7,9-10H2,1-4H3. The highest BCUT2D eigenvalue weighted by Crippen LogP contribution is 2.45. The fraction of sp³-hybridized carbons (Fsp3) is 0.800. The molecule has 0 saturated carbocycles. The van der Waals surface area contributed by atoms with Crippen LogP contribution < -0.4 is 0 Å². The molecule has 3 nitrogen and oxygen atoms in total. The number of carbonyl (C=O) groups is 1. The molecule has 1 atom stereocenters. The lowest BCUT2D eigenvalue weighted by molar-refractivity contribution is -0.227. The first kappa shape index (κ1) is 13.8. The van der Waals surface area contributed by atoms with E-state index in [1.165, 1.54) is 5.57 Å². The molecule has 3 heteroatoms. The lowest BCUT2D eigenvalue weighted by Gasteiger charge is -2.37. The molecule has 1 aliphatic carbocycles. The molecule has 1 aliphatic heterocycles. The number of hydrogen-bond acceptors (Lipinski definition) is 3. The van der Waals surface area contributed by atoms with Gasteiger partial charge in [0.25, 0.3) is 0 Å². The number of aldehydes is 1. The van der Waals surface area contributed by atoms with Gasteiger partial charge in [-0.05, 0) is 31.6 Å². The molecular formula is C15H24O3. The van der Waals surface area contributed by atoms with Crippen molar-refractivity contribution in [2.45, 2.75) is 46.8 Å². The molecule has 1 heterocycles. The summed E-state index contributed by atoms with van der Waals surface area (Å²) in [6, 6.07) is 0. The summed E-state index contributed by atoms with van der Waals surface area (Å²) in [5.41, 5.74) is 1.23. The Kier molecular flexibility index (Phi) is 3.65. The van der Waals surface area contributed by atoms with Crippen molar-refractivity contribution < 1.29 is 14.3 Å². The average Bonchev–Trinajstić information content (AvgIpc) is 2.59. The summed E-state index contributed by atoms with van der Waals surface area (Å²) in [4.78, 5) is 10.9. The van der Waals surface area contributed by atoms with Gasteiger partial charge < -0.3 is 14.3 Å². The predicted molar refractivity (Wildman–Crippen MR) is 70.1 cm³/mol. The fourth-order valence-corrected chi connectivity index (χ4v) is 2.68. The van der Waals surface area contributed by atoms with E-state index in [0.29, 0.717) is 19.1 Å². The van der Waals surface area contributed by atoms with Crippen LogP contribution in [0.25, 0.3) is 0 Å². The highest BCUT2D eigenvalue weighted by atomic mass is 16.7. The third-order valence-electron chi connectivity index (χ3n) is 4.70. The summed E-state index contributed by atoms with van der Waals surface area (Å²) < 4.78 is 11.4. The van der Waals surface area contributed by atoms with Gasteiger partial charge in [0.05, 0.1) is 18.6 Å². The van der Waals surface area contributed by atoms with Gasteiger partial charge in [0.15, 0.2) is 6.29 Å². The van der Waals surface area contributed by atoms with Crippen molar-refractivity contribution >= 4 is 6.29 Å². The first-order valence-corrected chi connectivity index (χ1v) is 6.74. The van der Waals surface area contributed by atoms with Crippen LogP contribution in [0.5, 0.6) is 0 Å². The molecule has 0 aromatic rings. The summed E-state index contributed by atoms with van der Waals surface area (Å²) >= 11 is 0. The zero-order valence-electron chi connectivity index (χ0n) is 11.9. The Morgan fingerprint density at radius 3 is 2.39 bits per heavy atom. The van der Waals surface area contributed by atoms with Crippen LogP contribution in [0.1, 0.15) is 40.5 Å². The van der Waals surface area contributed by atoms with Crippen molar-refractivity contribution in [3.63, 3.8) is 0 Å². The number of ether oxygens (including phenoxy) is 2. The molecule has 18 heavy (non-hydrogen) atoms. The van der Waals surface area contributed by atoms with Gasteiger partial charge in [-0.1, -0.05) is 25.5 Å². The minimum atomic E-state index is -0.462.